The molecule has 0 bridgehead atoms. The van der Waals surface area contributed by atoms with Crippen molar-refractivity contribution in [1.82, 2.24) is 14.5 Å². The molecule has 1 atom stereocenters. The molecule has 0 aliphatic rings. The summed E-state index contributed by atoms with van der Waals surface area (Å²) in [4.78, 5) is 10.5. The van der Waals surface area contributed by atoms with Crippen LogP contribution in [0.5, 0.6) is 0 Å². The molecule has 61 heavy (non-hydrogen) atoms. The molecular weight excluding hydrogens is 743 g/mol. The van der Waals surface area contributed by atoms with Gasteiger partial charge in [0.1, 0.15) is 11.2 Å². The fourth-order valence-electron chi connectivity index (χ4n) is 9.38. The van der Waals surface area contributed by atoms with E-state index in [0.717, 1.165) is 74.1 Å². The fourth-order valence-corrected chi connectivity index (χ4v) is 9.38. The van der Waals surface area contributed by atoms with Crippen molar-refractivity contribution in [2.75, 3.05) is 0 Å². The summed E-state index contributed by atoms with van der Waals surface area (Å²) in [6.45, 7) is 4.59. The molecule has 0 saturated heterocycles. The summed E-state index contributed by atoms with van der Waals surface area (Å²) in [7, 11) is 0. The summed E-state index contributed by atoms with van der Waals surface area (Å²) in [5.41, 5.74) is 16.4. The second kappa shape index (κ2) is 15.2. The number of aryl methyl sites for hydroxylation is 1. The molecule has 11 aromatic rings. The maximum absolute atomic E-state index is 6.32. The van der Waals surface area contributed by atoms with Gasteiger partial charge in [-0.25, -0.2) is 9.97 Å². The van der Waals surface area contributed by atoms with Gasteiger partial charge >= 0.3 is 0 Å². The van der Waals surface area contributed by atoms with Gasteiger partial charge in [0.05, 0.1) is 22.4 Å². The first-order valence-electron chi connectivity index (χ1n) is 21.2. The molecule has 4 nitrogen and oxygen atoms in total. The minimum Gasteiger partial charge on any atom is -0.456 e. The van der Waals surface area contributed by atoms with E-state index in [4.69, 9.17) is 14.4 Å². The lowest BCUT2D eigenvalue weighted by Crippen LogP contribution is -2.04. The van der Waals surface area contributed by atoms with Gasteiger partial charge < -0.3 is 8.98 Å². The smallest absolute Gasteiger partial charge is 0.160 e. The van der Waals surface area contributed by atoms with E-state index in [1.807, 2.05) is 18.2 Å². The molecule has 0 N–H and O–H groups in total. The molecule has 0 radical (unpaired) electrons. The molecule has 3 aromatic heterocycles. The minimum atomic E-state index is 0.442. The average Bonchev–Trinajstić information content (AvgIpc) is 3.87. The van der Waals surface area contributed by atoms with Crippen molar-refractivity contribution in [2.24, 2.45) is 0 Å². The maximum atomic E-state index is 6.32. The number of furan rings is 1. The van der Waals surface area contributed by atoms with E-state index in [0.29, 0.717) is 11.7 Å². The molecule has 3 heterocycles. The number of para-hydroxylation sites is 2. The first-order chi connectivity index (χ1) is 30.1. The van der Waals surface area contributed by atoms with E-state index in [2.05, 4.69) is 194 Å². The Morgan fingerprint density at radius 2 is 1.18 bits per heavy atom. The molecule has 0 aliphatic carbocycles. The Morgan fingerprint density at radius 3 is 2.02 bits per heavy atom. The van der Waals surface area contributed by atoms with Gasteiger partial charge in [-0.3, -0.25) is 0 Å². The van der Waals surface area contributed by atoms with Crippen LogP contribution in [0.15, 0.2) is 199 Å². The summed E-state index contributed by atoms with van der Waals surface area (Å²) in [5.74, 6) is 1.11. The Kier molecular flexibility index (Phi) is 9.12. The van der Waals surface area contributed by atoms with Crippen molar-refractivity contribution >= 4 is 43.7 Å². The molecule has 11 rings (SSSR count). The van der Waals surface area contributed by atoms with E-state index >= 15 is 0 Å². The Hall–Kier alpha value is -7.56. The number of rotatable bonds is 9. The quantitative estimate of drug-likeness (QED) is 0.146. The van der Waals surface area contributed by atoms with Crippen molar-refractivity contribution in [1.29, 1.82) is 0 Å². The van der Waals surface area contributed by atoms with Gasteiger partial charge in [0.25, 0.3) is 0 Å². The summed E-state index contributed by atoms with van der Waals surface area (Å²) >= 11 is 0. The molecule has 0 aliphatic heterocycles. The standard InChI is InChI=1S/C57H43N3O/c1-3-38(39-17-6-4-7-18-39)33-41-21-10-11-24-46(41)45-31-32-50-47-25-12-14-27-53(47)60(56(50)37(45)2)44-23-16-22-43(34-44)57-58-51(40-19-8-5-9-20-40)36-52(59-57)42-29-30-49-48-26-13-15-28-54(48)61-55(49)35-42/h4-32,34-36,38H,3,33H2,1-2H3. The predicted octanol–water partition coefficient (Wildman–Crippen LogP) is 15.2. The fraction of sp³-hybridized carbons (Fsp3) is 0.0877. The van der Waals surface area contributed by atoms with E-state index in [9.17, 15) is 0 Å². The van der Waals surface area contributed by atoms with Crippen molar-refractivity contribution in [2.45, 2.75) is 32.6 Å². The van der Waals surface area contributed by atoms with Crippen molar-refractivity contribution in [3.8, 4) is 50.7 Å². The topological polar surface area (TPSA) is 43.9 Å². The van der Waals surface area contributed by atoms with Crippen LogP contribution < -0.4 is 0 Å². The van der Waals surface area contributed by atoms with Gasteiger partial charge in [-0.2, -0.15) is 0 Å². The van der Waals surface area contributed by atoms with Gasteiger partial charge in [-0.1, -0.05) is 159 Å². The maximum Gasteiger partial charge on any atom is 0.160 e. The summed E-state index contributed by atoms with van der Waals surface area (Å²) < 4.78 is 8.75. The number of hydrogen-bond acceptors (Lipinski definition) is 3. The van der Waals surface area contributed by atoms with E-state index in [-0.39, 0.29) is 0 Å². The zero-order valence-electron chi connectivity index (χ0n) is 34.2. The molecule has 1 unspecified atom stereocenters. The lowest BCUT2D eigenvalue weighted by molar-refractivity contribution is 0.661. The summed E-state index contributed by atoms with van der Waals surface area (Å²) in [6.07, 6.45) is 2.06. The third-order valence-corrected chi connectivity index (χ3v) is 12.5. The van der Waals surface area contributed by atoms with Crippen LogP contribution in [0, 0.1) is 6.92 Å². The van der Waals surface area contributed by atoms with Gasteiger partial charge in [0, 0.05) is 43.9 Å². The zero-order chi connectivity index (χ0) is 40.9. The van der Waals surface area contributed by atoms with E-state index < -0.39 is 0 Å². The summed E-state index contributed by atoms with van der Waals surface area (Å²) in [6, 6.07) is 69.1. The highest BCUT2D eigenvalue weighted by atomic mass is 16.3. The number of benzene rings is 8. The molecule has 8 aromatic carbocycles. The van der Waals surface area contributed by atoms with Gasteiger partial charge in [0.15, 0.2) is 5.82 Å². The van der Waals surface area contributed by atoms with Crippen LogP contribution in [0.2, 0.25) is 0 Å². The highest BCUT2D eigenvalue weighted by molar-refractivity contribution is 6.12. The van der Waals surface area contributed by atoms with Crippen molar-refractivity contribution in [3.05, 3.63) is 211 Å². The van der Waals surface area contributed by atoms with Crippen LogP contribution in [-0.2, 0) is 6.42 Å². The molecule has 0 spiro atoms. The molecule has 0 fully saturated rings. The average molecular weight is 786 g/mol. The number of hydrogen-bond donors (Lipinski definition) is 0. The Morgan fingerprint density at radius 1 is 0.508 bits per heavy atom. The van der Waals surface area contributed by atoms with Crippen LogP contribution in [0.4, 0.5) is 0 Å². The second-order valence-corrected chi connectivity index (χ2v) is 16.1. The normalized spacial score (nSPS) is 12.2. The zero-order valence-corrected chi connectivity index (χ0v) is 34.2. The largest absolute Gasteiger partial charge is 0.456 e. The molecule has 4 heteroatoms. The minimum absolute atomic E-state index is 0.442. The van der Waals surface area contributed by atoms with Gasteiger partial charge in [-0.15, -0.1) is 0 Å². The number of fused-ring (bicyclic) bond motifs is 6. The molecular formula is C57H43N3O. The Labute approximate surface area is 355 Å². The highest BCUT2D eigenvalue weighted by Crippen LogP contribution is 2.41. The van der Waals surface area contributed by atoms with E-state index in [1.165, 1.54) is 44.1 Å². The Bertz CT molecular complexity index is 3400. The first-order valence-corrected chi connectivity index (χ1v) is 21.2. The van der Waals surface area contributed by atoms with Crippen molar-refractivity contribution in [3.63, 3.8) is 0 Å². The molecule has 0 saturated carbocycles. The second-order valence-electron chi connectivity index (χ2n) is 16.1. The highest BCUT2D eigenvalue weighted by Gasteiger charge is 2.21. The third kappa shape index (κ3) is 6.48. The van der Waals surface area contributed by atoms with Crippen LogP contribution >= 0.6 is 0 Å². The monoisotopic (exact) mass is 785 g/mol. The number of aromatic nitrogens is 3. The molecule has 0 amide bonds. The van der Waals surface area contributed by atoms with Gasteiger partial charge in [0.2, 0.25) is 0 Å². The van der Waals surface area contributed by atoms with Crippen LogP contribution in [0.3, 0.4) is 0 Å². The lowest BCUT2D eigenvalue weighted by Gasteiger charge is -2.20. The molecule has 292 valence electrons. The summed E-state index contributed by atoms with van der Waals surface area (Å²) in [5, 5.41) is 4.67. The van der Waals surface area contributed by atoms with Crippen LogP contribution in [0.1, 0.15) is 36.0 Å². The van der Waals surface area contributed by atoms with Crippen molar-refractivity contribution < 1.29 is 4.42 Å². The lowest BCUT2D eigenvalue weighted by atomic mass is 9.85. The number of nitrogens with zero attached hydrogens (tertiary/aromatic N) is 3. The van der Waals surface area contributed by atoms with Crippen LogP contribution in [-0.4, -0.2) is 14.5 Å². The predicted molar refractivity (Wildman–Crippen MR) is 253 cm³/mol. The van der Waals surface area contributed by atoms with Gasteiger partial charge in [-0.05, 0) is 96.0 Å². The van der Waals surface area contributed by atoms with E-state index in [1.54, 1.807) is 0 Å². The first kappa shape index (κ1) is 36.5. The van der Waals surface area contributed by atoms with Crippen LogP contribution in [0.25, 0.3) is 94.5 Å². The Balaban J connectivity index is 1.06. The third-order valence-electron chi connectivity index (χ3n) is 12.5. The SMILES string of the molecule is CCC(Cc1ccccc1-c1ccc2c3ccccc3n(-c3cccc(-c4nc(-c5ccccc5)cc(-c5ccc6c(c5)oc5ccccc56)n4)c3)c2c1C)c1ccccc1.